The Hall–Kier alpha value is -1.49. The van der Waals surface area contributed by atoms with Gasteiger partial charge in [0.15, 0.2) is 0 Å². The van der Waals surface area contributed by atoms with Gasteiger partial charge in [0.2, 0.25) is 5.91 Å². The zero-order valence-electron chi connectivity index (χ0n) is 12.5. The monoisotopic (exact) mass is 309 g/mol. The number of methoxy groups -OCH3 is 1. The predicted molar refractivity (Wildman–Crippen MR) is 85.3 cm³/mol. The average Bonchev–Trinajstić information content (AvgIpc) is 2.51. The molecule has 0 saturated heterocycles. The van der Waals surface area contributed by atoms with E-state index >= 15 is 0 Å². The minimum atomic E-state index is -0.169. The molecule has 5 heteroatoms. The topological polar surface area (TPSA) is 55.4 Å². The lowest BCUT2D eigenvalue weighted by Crippen LogP contribution is -2.24. The highest BCUT2D eigenvalue weighted by Crippen LogP contribution is 2.17. The number of esters is 1. The quantitative estimate of drug-likeness (QED) is 0.410. The maximum Gasteiger partial charge on any atom is 0.305 e. The number of hydrogen-bond acceptors (Lipinski definition) is 4. The Morgan fingerprint density at radius 2 is 1.86 bits per heavy atom. The van der Waals surface area contributed by atoms with Gasteiger partial charge >= 0.3 is 5.97 Å². The van der Waals surface area contributed by atoms with Gasteiger partial charge in [-0.25, -0.2) is 0 Å². The van der Waals surface area contributed by atoms with Gasteiger partial charge in [-0.3, -0.25) is 9.59 Å². The third-order valence-electron chi connectivity index (χ3n) is 2.95. The molecule has 0 bridgehead atoms. The minimum absolute atomic E-state index is 0.0893. The molecule has 21 heavy (non-hydrogen) atoms. The van der Waals surface area contributed by atoms with E-state index in [2.05, 4.69) is 10.1 Å². The van der Waals surface area contributed by atoms with Gasteiger partial charge in [-0.1, -0.05) is 24.6 Å². The zero-order valence-corrected chi connectivity index (χ0v) is 13.3. The van der Waals surface area contributed by atoms with E-state index in [0.29, 0.717) is 19.4 Å². The maximum atomic E-state index is 11.6. The molecule has 4 nitrogen and oxygen atoms in total. The van der Waals surface area contributed by atoms with Gasteiger partial charge in [0, 0.05) is 30.0 Å². The summed E-state index contributed by atoms with van der Waals surface area (Å²) < 4.78 is 4.56. The van der Waals surface area contributed by atoms with Gasteiger partial charge in [-0.2, -0.15) is 0 Å². The summed E-state index contributed by atoms with van der Waals surface area (Å²) in [7, 11) is 1.40. The molecule has 0 unspecified atom stereocenters. The first kappa shape index (κ1) is 17.6. The van der Waals surface area contributed by atoms with Crippen LogP contribution in [0.2, 0.25) is 0 Å². The number of thioether (sulfide) groups is 1. The van der Waals surface area contributed by atoms with Crippen LogP contribution in [0.1, 0.15) is 32.1 Å². The fraction of sp³-hybridized carbons (Fsp3) is 0.500. The normalized spacial score (nSPS) is 10.1. The van der Waals surface area contributed by atoms with Crippen molar-refractivity contribution in [3.63, 3.8) is 0 Å². The number of carbonyl (C=O) groups is 2. The second-order valence-corrected chi connectivity index (χ2v) is 5.82. The van der Waals surface area contributed by atoms with Crippen molar-refractivity contribution in [2.75, 3.05) is 19.4 Å². The molecule has 0 radical (unpaired) electrons. The molecule has 0 aliphatic heterocycles. The van der Waals surface area contributed by atoms with E-state index in [1.54, 1.807) is 11.8 Å². The molecule has 1 N–H and O–H groups in total. The molecule has 116 valence electrons. The molecule has 0 saturated carbocycles. The zero-order chi connectivity index (χ0) is 15.3. The fourth-order valence-electron chi connectivity index (χ4n) is 1.77. The standard InChI is InChI=1S/C16H23NO3S/c1-20-16(19)10-6-3-7-12-17-15(18)11-13-21-14-8-4-2-5-9-14/h2,4-5,8-9H,3,6-7,10-13H2,1H3,(H,17,18). The van der Waals surface area contributed by atoms with Crippen LogP contribution < -0.4 is 5.32 Å². The van der Waals surface area contributed by atoms with Crippen molar-refractivity contribution < 1.29 is 14.3 Å². The molecule has 1 aromatic rings. The van der Waals surface area contributed by atoms with Crippen molar-refractivity contribution in [3.05, 3.63) is 30.3 Å². The van der Waals surface area contributed by atoms with E-state index in [0.717, 1.165) is 25.0 Å². The number of unbranched alkanes of at least 4 members (excludes halogenated alkanes) is 2. The van der Waals surface area contributed by atoms with Crippen molar-refractivity contribution in [1.29, 1.82) is 0 Å². The third kappa shape index (κ3) is 9.13. The molecule has 0 aliphatic rings. The first-order valence-corrected chi connectivity index (χ1v) is 8.22. The van der Waals surface area contributed by atoms with E-state index in [-0.39, 0.29) is 11.9 Å². The Morgan fingerprint density at radius 1 is 1.10 bits per heavy atom. The second-order valence-electron chi connectivity index (χ2n) is 4.65. The summed E-state index contributed by atoms with van der Waals surface area (Å²) in [6.07, 6.45) is 3.62. The summed E-state index contributed by atoms with van der Waals surface area (Å²) in [5.74, 6) is 0.710. The van der Waals surface area contributed by atoms with Crippen LogP contribution in [-0.4, -0.2) is 31.3 Å². The van der Waals surface area contributed by atoms with Crippen LogP contribution in [0, 0.1) is 0 Å². The maximum absolute atomic E-state index is 11.6. The van der Waals surface area contributed by atoms with Gasteiger partial charge in [0.1, 0.15) is 0 Å². The second kappa shape index (κ2) is 11.2. The molecule has 0 aliphatic carbocycles. The molecule has 0 spiro atoms. The summed E-state index contributed by atoms with van der Waals surface area (Å²) in [5.41, 5.74) is 0. The SMILES string of the molecule is COC(=O)CCCCCNC(=O)CCSc1ccccc1. The summed E-state index contributed by atoms with van der Waals surface area (Å²) in [4.78, 5) is 23.7. The number of rotatable bonds is 10. The van der Waals surface area contributed by atoms with E-state index in [1.165, 1.54) is 12.0 Å². The summed E-state index contributed by atoms with van der Waals surface area (Å²) in [6.45, 7) is 0.677. The number of nitrogens with one attached hydrogen (secondary N) is 1. The van der Waals surface area contributed by atoms with Gasteiger partial charge < -0.3 is 10.1 Å². The lowest BCUT2D eigenvalue weighted by atomic mass is 10.2. The Bertz CT molecular complexity index is 423. The van der Waals surface area contributed by atoms with Gasteiger partial charge in [-0.15, -0.1) is 11.8 Å². The smallest absolute Gasteiger partial charge is 0.305 e. The highest BCUT2D eigenvalue weighted by atomic mass is 32.2. The van der Waals surface area contributed by atoms with Crippen LogP contribution in [0.4, 0.5) is 0 Å². The Balaban J connectivity index is 1.95. The number of benzene rings is 1. The van der Waals surface area contributed by atoms with E-state index in [9.17, 15) is 9.59 Å². The van der Waals surface area contributed by atoms with Gasteiger partial charge in [0.05, 0.1) is 7.11 Å². The lowest BCUT2D eigenvalue weighted by Gasteiger charge is -2.05. The molecule has 0 heterocycles. The van der Waals surface area contributed by atoms with Crippen molar-refractivity contribution in [2.24, 2.45) is 0 Å². The molecule has 1 aromatic carbocycles. The van der Waals surface area contributed by atoms with E-state index in [1.807, 2.05) is 30.3 Å². The van der Waals surface area contributed by atoms with Crippen LogP contribution in [0.15, 0.2) is 35.2 Å². The van der Waals surface area contributed by atoms with Crippen LogP contribution in [0.5, 0.6) is 0 Å². The van der Waals surface area contributed by atoms with E-state index < -0.39 is 0 Å². The fourth-order valence-corrected chi connectivity index (χ4v) is 2.64. The Kier molecular flexibility index (Phi) is 9.37. The molecule has 0 fully saturated rings. The Labute approximate surface area is 130 Å². The van der Waals surface area contributed by atoms with Gasteiger partial charge in [0.25, 0.3) is 0 Å². The first-order valence-electron chi connectivity index (χ1n) is 7.23. The van der Waals surface area contributed by atoms with Crippen molar-refractivity contribution in [3.8, 4) is 0 Å². The first-order chi connectivity index (χ1) is 10.2. The number of carbonyl (C=O) groups excluding carboxylic acids is 2. The van der Waals surface area contributed by atoms with Gasteiger partial charge in [-0.05, 0) is 25.0 Å². The van der Waals surface area contributed by atoms with Crippen molar-refractivity contribution in [1.82, 2.24) is 5.32 Å². The summed E-state index contributed by atoms with van der Waals surface area (Å²) in [6, 6.07) is 10.1. The van der Waals surface area contributed by atoms with Crippen LogP contribution in [0.3, 0.4) is 0 Å². The molecule has 0 aromatic heterocycles. The minimum Gasteiger partial charge on any atom is -0.469 e. The average molecular weight is 309 g/mol. The molecule has 1 rings (SSSR count). The highest BCUT2D eigenvalue weighted by Gasteiger charge is 2.02. The highest BCUT2D eigenvalue weighted by molar-refractivity contribution is 7.99. The third-order valence-corrected chi connectivity index (χ3v) is 3.96. The van der Waals surface area contributed by atoms with E-state index in [4.69, 9.17) is 0 Å². The van der Waals surface area contributed by atoms with Crippen molar-refractivity contribution in [2.45, 2.75) is 37.0 Å². The summed E-state index contributed by atoms with van der Waals surface area (Å²) in [5, 5.41) is 2.90. The molecule has 1 amide bonds. The Morgan fingerprint density at radius 3 is 2.57 bits per heavy atom. The predicted octanol–water partition coefficient (Wildman–Crippen LogP) is 3.02. The molecular weight excluding hydrogens is 286 g/mol. The van der Waals surface area contributed by atoms with Crippen LogP contribution in [-0.2, 0) is 14.3 Å². The number of ether oxygens (including phenoxy) is 1. The lowest BCUT2D eigenvalue weighted by molar-refractivity contribution is -0.140. The number of amides is 1. The van der Waals surface area contributed by atoms with Crippen molar-refractivity contribution >= 4 is 23.6 Å². The molecule has 0 atom stereocenters. The number of hydrogen-bond donors (Lipinski definition) is 1. The van der Waals surface area contributed by atoms with Crippen LogP contribution >= 0.6 is 11.8 Å². The molecular formula is C16H23NO3S. The summed E-state index contributed by atoms with van der Waals surface area (Å²) >= 11 is 1.69. The largest absolute Gasteiger partial charge is 0.469 e. The van der Waals surface area contributed by atoms with Crippen LogP contribution in [0.25, 0.3) is 0 Å².